The molecule has 0 unspecified atom stereocenters. The van der Waals surface area contributed by atoms with Gasteiger partial charge in [-0.1, -0.05) is 0 Å². The van der Waals surface area contributed by atoms with Crippen molar-refractivity contribution in [3.63, 3.8) is 0 Å². The van der Waals surface area contributed by atoms with E-state index in [4.69, 9.17) is 27.0 Å². The molecule has 1 aliphatic heterocycles. The maximum Gasteiger partial charge on any atom is 0.225 e. The quantitative estimate of drug-likeness (QED) is 0.692. The number of hydrogen-bond donors (Lipinski definition) is 0. The summed E-state index contributed by atoms with van der Waals surface area (Å²) >= 11 is 11.5. The molecule has 90 valence electrons. The van der Waals surface area contributed by atoms with Crippen LogP contribution in [0.5, 0.6) is 0 Å². The normalized spacial score (nSPS) is 27.2. The molecule has 5 heteroatoms. The van der Waals surface area contributed by atoms with Gasteiger partial charge in [0.15, 0.2) is 0 Å². The largest absolute Gasteiger partial charge is 0.328 e. The Morgan fingerprint density at radius 2 is 1.53 bits per heavy atom. The molecule has 0 atom stereocenters. The molecule has 0 radical (unpaired) electrons. The van der Waals surface area contributed by atoms with Crippen LogP contribution in [0.3, 0.4) is 0 Å². The summed E-state index contributed by atoms with van der Waals surface area (Å²) < 4.78 is 5.58. The van der Waals surface area contributed by atoms with Crippen LogP contribution < -0.4 is 0 Å². The highest BCUT2D eigenvalue weighted by Gasteiger charge is 2.43. The maximum absolute atomic E-state index is 5.73. The van der Waals surface area contributed by atoms with Crippen molar-refractivity contribution in [1.82, 2.24) is 4.90 Å². The summed E-state index contributed by atoms with van der Waals surface area (Å²) in [4.78, 5) is 2.41. The van der Waals surface area contributed by atoms with Gasteiger partial charge in [-0.2, -0.15) is 0 Å². The van der Waals surface area contributed by atoms with Gasteiger partial charge in [-0.25, -0.2) is 0 Å². The SMILES string of the molecule is CN1C(C)(C)CC(OP(Cl)Cl)CC1(C)C. The Balaban J connectivity index is 2.75. The molecule has 15 heavy (non-hydrogen) atoms. The molecule has 0 aromatic heterocycles. The predicted octanol–water partition coefficient (Wildman–Crippen LogP) is 4.36. The summed E-state index contributed by atoms with van der Waals surface area (Å²) in [5, 5.41) is 0. The van der Waals surface area contributed by atoms with Gasteiger partial charge in [-0.3, -0.25) is 4.90 Å². The van der Waals surface area contributed by atoms with E-state index in [0.29, 0.717) is 0 Å². The van der Waals surface area contributed by atoms with Gasteiger partial charge < -0.3 is 4.52 Å². The Morgan fingerprint density at radius 3 is 1.87 bits per heavy atom. The van der Waals surface area contributed by atoms with Gasteiger partial charge in [0.25, 0.3) is 0 Å². The Labute approximate surface area is 104 Å². The van der Waals surface area contributed by atoms with E-state index in [0.717, 1.165) is 12.8 Å². The summed E-state index contributed by atoms with van der Waals surface area (Å²) in [5.41, 5.74) is 0.261. The lowest BCUT2D eigenvalue weighted by molar-refractivity contribution is -0.0517. The fourth-order valence-electron chi connectivity index (χ4n) is 2.47. The topological polar surface area (TPSA) is 12.5 Å². The molecule has 2 nitrogen and oxygen atoms in total. The van der Waals surface area contributed by atoms with Gasteiger partial charge in [0, 0.05) is 11.1 Å². The molecule has 0 aromatic carbocycles. The highest BCUT2D eigenvalue weighted by atomic mass is 35.9. The third-order valence-corrected chi connectivity index (χ3v) is 4.43. The average molecular weight is 272 g/mol. The van der Waals surface area contributed by atoms with Crippen molar-refractivity contribution in [3.05, 3.63) is 0 Å². The van der Waals surface area contributed by atoms with Crippen molar-refractivity contribution in [2.75, 3.05) is 7.05 Å². The molecule has 1 saturated heterocycles. The van der Waals surface area contributed by atoms with Gasteiger partial charge in [0.1, 0.15) is 0 Å². The molecule has 0 bridgehead atoms. The van der Waals surface area contributed by atoms with E-state index in [-0.39, 0.29) is 17.2 Å². The predicted molar refractivity (Wildman–Crippen MR) is 68.7 cm³/mol. The van der Waals surface area contributed by atoms with E-state index < -0.39 is 6.85 Å². The van der Waals surface area contributed by atoms with E-state index in [1.807, 2.05) is 0 Å². The number of nitrogens with zero attached hydrogens (tertiary/aromatic N) is 1. The lowest BCUT2D eigenvalue weighted by Crippen LogP contribution is -2.59. The van der Waals surface area contributed by atoms with Crippen molar-refractivity contribution in [3.8, 4) is 0 Å². The molecule has 1 rings (SSSR count). The standard InChI is InChI=1S/C10H20Cl2NOP/c1-9(2)6-8(14-15(11)12)7-10(3,4)13(9)5/h8H,6-7H2,1-5H3. The first-order valence-corrected chi connectivity index (χ1v) is 8.24. The minimum Gasteiger partial charge on any atom is -0.328 e. The molecule has 1 aliphatic rings. The highest BCUT2D eigenvalue weighted by molar-refractivity contribution is 8.00. The monoisotopic (exact) mass is 271 g/mol. The smallest absolute Gasteiger partial charge is 0.225 e. The zero-order chi connectivity index (χ0) is 11.9. The minimum atomic E-state index is -1.29. The first-order chi connectivity index (χ1) is 6.65. The number of likely N-dealkylation sites (tertiary alicyclic amines) is 1. The third-order valence-electron chi connectivity index (χ3n) is 3.50. The van der Waals surface area contributed by atoms with E-state index in [2.05, 4.69) is 39.6 Å². The Morgan fingerprint density at radius 1 is 1.13 bits per heavy atom. The molecule has 1 heterocycles. The fourth-order valence-corrected chi connectivity index (χ4v) is 3.52. The zero-order valence-corrected chi connectivity index (χ0v) is 12.5. The lowest BCUT2D eigenvalue weighted by Gasteiger charge is -2.53. The third kappa shape index (κ3) is 3.44. The zero-order valence-electron chi connectivity index (χ0n) is 10.1. The summed E-state index contributed by atoms with van der Waals surface area (Å²) in [6.45, 7) is 7.63. The van der Waals surface area contributed by atoms with Crippen molar-refractivity contribution >= 4 is 29.3 Å². The van der Waals surface area contributed by atoms with Crippen LogP contribution in [0.1, 0.15) is 40.5 Å². The number of rotatable bonds is 2. The first kappa shape index (κ1) is 14.0. The van der Waals surface area contributed by atoms with Crippen LogP contribution in [0.2, 0.25) is 0 Å². The van der Waals surface area contributed by atoms with Gasteiger partial charge >= 0.3 is 0 Å². The molecule has 0 aromatic rings. The fraction of sp³-hybridized carbons (Fsp3) is 1.00. The minimum absolute atomic E-state index is 0.130. The second-order valence-corrected chi connectivity index (χ2v) is 8.50. The number of hydrogen-bond acceptors (Lipinski definition) is 2. The molecule has 0 amide bonds. The van der Waals surface area contributed by atoms with Crippen molar-refractivity contribution in [2.24, 2.45) is 0 Å². The van der Waals surface area contributed by atoms with Crippen molar-refractivity contribution in [2.45, 2.75) is 57.7 Å². The van der Waals surface area contributed by atoms with E-state index in [1.54, 1.807) is 0 Å². The van der Waals surface area contributed by atoms with Crippen LogP contribution >= 0.6 is 29.3 Å². The second-order valence-electron chi connectivity index (χ2n) is 5.52. The molecular weight excluding hydrogens is 252 g/mol. The van der Waals surface area contributed by atoms with Gasteiger partial charge in [0.2, 0.25) is 6.85 Å². The van der Waals surface area contributed by atoms with Crippen LogP contribution in [0.25, 0.3) is 0 Å². The number of piperidine rings is 1. The summed E-state index contributed by atoms with van der Waals surface area (Å²) in [7, 11) is 2.17. The van der Waals surface area contributed by atoms with Crippen LogP contribution in [0, 0.1) is 0 Å². The Bertz CT molecular complexity index is 215. The van der Waals surface area contributed by atoms with E-state index in [1.165, 1.54) is 0 Å². The Hall–Kier alpha value is 0.930. The summed E-state index contributed by atoms with van der Waals surface area (Å²) in [5.74, 6) is 0. The molecule has 0 saturated carbocycles. The van der Waals surface area contributed by atoms with Crippen LogP contribution in [-0.2, 0) is 4.52 Å². The summed E-state index contributed by atoms with van der Waals surface area (Å²) in [6, 6.07) is 0. The van der Waals surface area contributed by atoms with E-state index in [9.17, 15) is 0 Å². The van der Waals surface area contributed by atoms with Gasteiger partial charge in [-0.05, 0) is 70.1 Å². The molecule has 0 spiro atoms. The Kier molecular flexibility index (Phi) is 4.35. The van der Waals surface area contributed by atoms with Crippen LogP contribution in [-0.4, -0.2) is 29.1 Å². The second kappa shape index (κ2) is 4.66. The first-order valence-electron chi connectivity index (χ1n) is 5.17. The van der Waals surface area contributed by atoms with Crippen LogP contribution in [0.15, 0.2) is 0 Å². The molecule has 0 N–H and O–H groups in total. The molecule has 1 fully saturated rings. The average Bonchev–Trinajstić information content (AvgIpc) is 1.97. The summed E-state index contributed by atoms with van der Waals surface area (Å²) in [6.07, 6.45) is 2.13. The number of halogens is 2. The van der Waals surface area contributed by atoms with Crippen molar-refractivity contribution in [1.29, 1.82) is 0 Å². The van der Waals surface area contributed by atoms with Gasteiger partial charge in [0.05, 0.1) is 6.10 Å². The molecular formula is C10H20Cl2NOP. The molecule has 0 aliphatic carbocycles. The lowest BCUT2D eigenvalue weighted by atomic mass is 9.79. The van der Waals surface area contributed by atoms with Crippen molar-refractivity contribution < 1.29 is 4.52 Å². The van der Waals surface area contributed by atoms with E-state index >= 15 is 0 Å². The van der Waals surface area contributed by atoms with Gasteiger partial charge in [-0.15, -0.1) is 0 Å². The maximum atomic E-state index is 5.73. The highest BCUT2D eigenvalue weighted by Crippen LogP contribution is 2.52. The van der Waals surface area contributed by atoms with Crippen LogP contribution in [0.4, 0.5) is 0 Å².